The Morgan fingerprint density at radius 2 is 1.24 bits per heavy atom. The van der Waals surface area contributed by atoms with Gasteiger partial charge in [0, 0.05) is 12.4 Å². The largest absolute Gasteiger partial charge is 0.550 e. The zero-order chi connectivity index (χ0) is 22.7. The number of carbonyl (C=O) groups is 2. The van der Waals surface area contributed by atoms with Crippen LogP contribution < -0.4 is 5.11 Å². The van der Waals surface area contributed by atoms with Crippen molar-refractivity contribution in [3.63, 3.8) is 0 Å². The van der Waals surface area contributed by atoms with Crippen molar-refractivity contribution in [1.29, 1.82) is 0 Å². The molecule has 29 heavy (non-hydrogen) atoms. The van der Waals surface area contributed by atoms with E-state index in [9.17, 15) is 19.8 Å². The quantitative estimate of drug-likeness (QED) is 0.278. The fourth-order valence-electron chi connectivity index (χ4n) is 3.27. The van der Waals surface area contributed by atoms with Crippen molar-refractivity contribution in [2.75, 3.05) is 27.7 Å². The first-order chi connectivity index (χ1) is 13.5. The number of rotatable bonds is 17. The van der Waals surface area contributed by atoms with Gasteiger partial charge in [-0.15, -0.1) is 0 Å². The number of aliphatic carboxylic acids is 2. The smallest absolute Gasteiger partial charge is 0.306 e. The van der Waals surface area contributed by atoms with Gasteiger partial charge in [-0.3, -0.25) is 4.79 Å². The molecule has 0 aliphatic heterocycles. The van der Waals surface area contributed by atoms with E-state index in [1.54, 1.807) is 0 Å². The molecule has 0 saturated heterocycles. The fourth-order valence-corrected chi connectivity index (χ4v) is 3.27. The van der Waals surface area contributed by atoms with E-state index < -0.39 is 18.0 Å². The Morgan fingerprint density at radius 1 is 0.828 bits per heavy atom. The average molecular weight is 418 g/mol. The molecule has 2 atom stereocenters. The van der Waals surface area contributed by atoms with Crippen molar-refractivity contribution >= 4 is 11.9 Å². The van der Waals surface area contributed by atoms with Crippen LogP contribution in [0.1, 0.15) is 97.3 Å². The van der Waals surface area contributed by atoms with Crippen molar-refractivity contribution in [2.45, 2.75) is 103 Å². The van der Waals surface area contributed by atoms with Crippen LogP contribution in [0.25, 0.3) is 0 Å². The summed E-state index contributed by atoms with van der Waals surface area (Å²) in [6.45, 7) is 4.83. The second-order valence-corrected chi connectivity index (χ2v) is 9.14. The van der Waals surface area contributed by atoms with Gasteiger partial charge in [0.2, 0.25) is 0 Å². The molecule has 0 bridgehead atoms. The predicted octanol–water partition coefficient (Wildman–Crippen LogP) is 3.60. The average Bonchev–Trinajstić information content (AvgIpc) is 2.57. The minimum Gasteiger partial charge on any atom is -0.550 e. The zero-order valence-electron chi connectivity index (χ0n) is 19.6. The van der Waals surface area contributed by atoms with E-state index in [0.717, 1.165) is 25.7 Å². The van der Waals surface area contributed by atoms with Crippen molar-refractivity contribution < 1.29 is 29.4 Å². The molecule has 2 N–H and O–H groups in total. The molecule has 0 amide bonds. The van der Waals surface area contributed by atoms with E-state index in [0.29, 0.717) is 11.0 Å². The first-order valence-electron chi connectivity index (χ1n) is 11.4. The lowest BCUT2D eigenvalue weighted by Crippen LogP contribution is -2.43. The Balaban J connectivity index is 0. The molecule has 6 heteroatoms. The summed E-state index contributed by atoms with van der Waals surface area (Å²) >= 11 is 0. The summed E-state index contributed by atoms with van der Waals surface area (Å²) in [7, 11) is 5.66. The number of aliphatic hydroxyl groups is 1. The molecular formula is C23H47NO5. The first-order valence-corrected chi connectivity index (χ1v) is 11.4. The Morgan fingerprint density at radius 3 is 1.62 bits per heavy atom. The molecule has 0 aromatic heterocycles. The maximum atomic E-state index is 11.1. The second-order valence-electron chi connectivity index (χ2n) is 9.14. The molecule has 0 aromatic rings. The van der Waals surface area contributed by atoms with Gasteiger partial charge in [-0.2, -0.15) is 0 Å². The predicted molar refractivity (Wildman–Crippen MR) is 116 cm³/mol. The third-order valence-corrected chi connectivity index (χ3v) is 4.82. The number of hydrogen-bond donors (Lipinski definition) is 2. The van der Waals surface area contributed by atoms with Gasteiger partial charge in [-0.05, 0) is 12.8 Å². The number of nitrogens with zero attached hydrogens (tertiary/aromatic N) is 1. The highest BCUT2D eigenvalue weighted by Crippen LogP contribution is 2.19. The Labute approximate surface area is 178 Å². The highest BCUT2D eigenvalue weighted by Gasteiger charge is 2.16. The van der Waals surface area contributed by atoms with Gasteiger partial charge in [-0.25, -0.2) is 0 Å². The highest BCUT2D eigenvalue weighted by molar-refractivity contribution is 5.69. The van der Waals surface area contributed by atoms with Crippen LogP contribution in [0.2, 0.25) is 0 Å². The van der Waals surface area contributed by atoms with Crippen LogP contribution in [0.5, 0.6) is 0 Å². The Hall–Kier alpha value is -1.14. The van der Waals surface area contributed by atoms with Crippen LogP contribution in [0.4, 0.5) is 0 Å². The standard InChI is InChI=1S/C16H32O2.C7H15NO3/c1-3-5-7-9-10-12-14-15(16(17)18)13-11-8-6-4-2;1-8(2,3)5-6(9)4-7(10)11/h15H,3-14H2,1-2H3,(H,17,18);6,9H,4-5H2,1-3H3/t;6-/m.1/s1. The molecule has 0 fully saturated rings. The number of carbonyl (C=O) groups excluding carboxylic acids is 1. The molecule has 174 valence electrons. The molecule has 0 aliphatic carbocycles. The molecule has 0 heterocycles. The summed E-state index contributed by atoms with van der Waals surface area (Å²) in [5, 5.41) is 28.3. The molecule has 6 nitrogen and oxygen atoms in total. The lowest BCUT2D eigenvalue weighted by molar-refractivity contribution is -0.873. The first kappa shape index (κ1) is 30.1. The van der Waals surface area contributed by atoms with Gasteiger partial charge in [0.05, 0.1) is 27.1 Å². The summed E-state index contributed by atoms with van der Waals surface area (Å²) in [6, 6.07) is 0. The number of unbranched alkanes of at least 4 members (excludes halogenated alkanes) is 8. The van der Waals surface area contributed by atoms with Crippen LogP contribution in [-0.4, -0.2) is 60.4 Å². The molecular weight excluding hydrogens is 370 g/mol. The number of quaternary nitrogens is 1. The minimum atomic E-state index is -1.20. The van der Waals surface area contributed by atoms with E-state index in [1.165, 1.54) is 51.4 Å². The van der Waals surface area contributed by atoms with Crippen molar-refractivity contribution in [3.05, 3.63) is 0 Å². The van der Waals surface area contributed by atoms with E-state index in [2.05, 4.69) is 13.8 Å². The van der Waals surface area contributed by atoms with Crippen molar-refractivity contribution in [2.24, 2.45) is 5.92 Å². The van der Waals surface area contributed by atoms with E-state index in [1.807, 2.05) is 21.1 Å². The molecule has 0 saturated carbocycles. The van der Waals surface area contributed by atoms with Gasteiger partial charge in [0.1, 0.15) is 12.6 Å². The van der Waals surface area contributed by atoms with Crippen LogP contribution >= 0.6 is 0 Å². The van der Waals surface area contributed by atoms with E-state index in [4.69, 9.17) is 5.11 Å². The molecule has 0 aliphatic rings. The number of likely N-dealkylation sites (N-methyl/N-ethyl adjacent to an activating group) is 1. The number of carboxylic acids is 2. The maximum absolute atomic E-state index is 11.1. The van der Waals surface area contributed by atoms with Crippen LogP contribution in [0.15, 0.2) is 0 Å². The molecule has 1 unspecified atom stereocenters. The van der Waals surface area contributed by atoms with Gasteiger partial charge < -0.3 is 24.6 Å². The number of hydrogen-bond acceptors (Lipinski definition) is 4. The van der Waals surface area contributed by atoms with E-state index in [-0.39, 0.29) is 12.3 Å². The second kappa shape index (κ2) is 18.9. The number of aliphatic hydroxyl groups excluding tert-OH is 1. The SMILES string of the molecule is CCCCCCCCC(CCCCCC)C(=O)O.C[N+](C)(C)C[C@H](O)CC(=O)[O-]. The Kier molecular flexibility index (Phi) is 19.5. The normalized spacial score (nSPS) is 13.3. The summed E-state index contributed by atoms with van der Waals surface area (Å²) in [5.74, 6) is -1.88. The lowest BCUT2D eigenvalue weighted by atomic mass is 9.94. The molecule has 0 aromatic carbocycles. The van der Waals surface area contributed by atoms with Gasteiger partial charge in [-0.1, -0.05) is 78.1 Å². The van der Waals surface area contributed by atoms with Crippen molar-refractivity contribution in [3.8, 4) is 0 Å². The van der Waals surface area contributed by atoms with Crippen LogP contribution in [0, 0.1) is 5.92 Å². The zero-order valence-corrected chi connectivity index (χ0v) is 19.6. The molecule has 0 spiro atoms. The Bertz CT molecular complexity index is 407. The third-order valence-electron chi connectivity index (χ3n) is 4.82. The van der Waals surface area contributed by atoms with Crippen molar-refractivity contribution in [1.82, 2.24) is 0 Å². The summed E-state index contributed by atoms with van der Waals surface area (Å²) in [4.78, 5) is 21.1. The van der Waals surface area contributed by atoms with Gasteiger partial charge in [0.25, 0.3) is 0 Å². The highest BCUT2D eigenvalue weighted by atomic mass is 16.4. The maximum Gasteiger partial charge on any atom is 0.306 e. The van der Waals surface area contributed by atoms with Crippen LogP contribution in [-0.2, 0) is 9.59 Å². The lowest BCUT2D eigenvalue weighted by Gasteiger charge is -2.26. The number of carboxylic acid groups (broad SMARTS) is 2. The van der Waals surface area contributed by atoms with Gasteiger partial charge in [0.15, 0.2) is 0 Å². The third kappa shape index (κ3) is 24.8. The fraction of sp³-hybridized carbons (Fsp3) is 0.913. The summed E-state index contributed by atoms with van der Waals surface area (Å²) < 4.78 is 0.550. The molecule has 0 rings (SSSR count). The topological polar surface area (TPSA) is 97.7 Å². The van der Waals surface area contributed by atoms with E-state index >= 15 is 0 Å². The molecule has 0 radical (unpaired) electrons. The van der Waals surface area contributed by atoms with Crippen LogP contribution in [0.3, 0.4) is 0 Å². The minimum absolute atomic E-state index is 0.0898. The van der Waals surface area contributed by atoms with Gasteiger partial charge >= 0.3 is 5.97 Å². The summed E-state index contributed by atoms with van der Waals surface area (Å²) in [6.07, 6.45) is 12.9. The summed E-state index contributed by atoms with van der Waals surface area (Å²) in [5.41, 5.74) is 0. The monoisotopic (exact) mass is 417 g/mol.